The van der Waals surface area contributed by atoms with Crippen molar-refractivity contribution in [2.75, 3.05) is 20.3 Å². The largest absolute Gasteiger partial charge is 0.488 e. The van der Waals surface area contributed by atoms with Gasteiger partial charge in [-0.15, -0.1) is 0 Å². The molecule has 0 unspecified atom stereocenters. The van der Waals surface area contributed by atoms with Crippen LogP contribution in [0.3, 0.4) is 0 Å². The van der Waals surface area contributed by atoms with Crippen LogP contribution in [0.5, 0.6) is 5.75 Å². The summed E-state index contributed by atoms with van der Waals surface area (Å²) < 4.78 is 12.1. The molecule has 2 aromatic rings. The summed E-state index contributed by atoms with van der Waals surface area (Å²) in [5, 5.41) is -0.277. The molecule has 2 aromatic carbocycles. The quantitative estimate of drug-likeness (QED) is 0.417. The van der Waals surface area contributed by atoms with Crippen LogP contribution in [0.15, 0.2) is 53.4 Å². The van der Waals surface area contributed by atoms with Crippen LogP contribution >= 0.6 is 34.4 Å². The first kappa shape index (κ1) is 19.9. The lowest BCUT2D eigenvalue weighted by Crippen LogP contribution is -2.31. The number of para-hydroxylation sites is 1. The van der Waals surface area contributed by atoms with E-state index in [1.807, 2.05) is 48.5 Å². The molecule has 3 rings (SSSR count). The first-order chi connectivity index (χ1) is 13.1. The highest BCUT2D eigenvalue weighted by Crippen LogP contribution is 2.34. The van der Waals surface area contributed by atoms with Crippen molar-refractivity contribution in [3.8, 4) is 5.75 Å². The molecule has 0 spiro atoms. The number of rotatable bonds is 7. The van der Waals surface area contributed by atoms with Gasteiger partial charge in [0.05, 0.1) is 18.1 Å². The minimum absolute atomic E-state index is 0.253. The molecular weight excluding hydrogens is 477 g/mol. The molecule has 0 atom stereocenters. The van der Waals surface area contributed by atoms with Crippen LogP contribution < -0.4 is 4.74 Å². The van der Waals surface area contributed by atoms with Gasteiger partial charge in [0.25, 0.3) is 11.1 Å². The molecule has 0 aliphatic carbocycles. The molecule has 1 aliphatic rings. The third-order valence-corrected chi connectivity index (χ3v) is 5.53. The summed E-state index contributed by atoms with van der Waals surface area (Å²) in [6, 6.07) is 15.6. The number of carbonyl (C=O) groups excluding carboxylic acids is 2. The maximum atomic E-state index is 12.5. The Morgan fingerprint density at radius 3 is 2.59 bits per heavy atom. The highest BCUT2D eigenvalue weighted by atomic mass is 127. The molecule has 0 radical (unpaired) electrons. The van der Waals surface area contributed by atoms with Gasteiger partial charge in [-0.1, -0.05) is 30.3 Å². The SMILES string of the molecule is COCCN1C(=O)SC(=Cc2ccccc2OCc2ccc(I)cc2)C1=O. The van der Waals surface area contributed by atoms with E-state index in [1.165, 1.54) is 15.6 Å². The first-order valence-electron chi connectivity index (χ1n) is 8.29. The molecule has 2 amide bonds. The van der Waals surface area contributed by atoms with Gasteiger partial charge in [0.2, 0.25) is 0 Å². The summed E-state index contributed by atoms with van der Waals surface area (Å²) in [5.41, 5.74) is 1.82. The molecule has 27 heavy (non-hydrogen) atoms. The van der Waals surface area contributed by atoms with E-state index in [0.717, 1.165) is 22.9 Å². The van der Waals surface area contributed by atoms with Gasteiger partial charge in [-0.3, -0.25) is 14.5 Å². The van der Waals surface area contributed by atoms with Crippen LogP contribution in [0, 0.1) is 3.57 Å². The second-order valence-electron chi connectivity index (χ2n) is 5.78. The number of amides is 2. The van der Waals surface area contributed by atoms with Gasteiger partial charge in [0.1, 0.15) is 12.4 Å². The maximum absolute atomic E-state index is 12.5. The lowest BCUT2D eigenvalue weighted by atomic mass is 10.1. The molecule has 0 bridgehead atoms. The predicted molar refractivity (Wildman–Crippen MR) is 114 cm³/mol. The monoisotopic (exact) mass is 495 g/mol. The summed E-state index contributed by atoms with van der Waals surface area (Å²) in [7, 11) is 1.54. The van der Waals surface area contributed by atoms with Gasteiger partial charge in [0, 0.05) is 16.2 Å². The number of hydrogen-bond acceptors (Lipinski definition) is 5. The highest BCUT2D eigenvalue weighted by Gasteiger charge is 2.34. The summed E-state index contributed by atoms with van der Waals surface area (Å²) in [6.45, 7) is 1.00. The van der Waals surface area contributed by atoms with E-state index in [9.17, 15) is 9.59 Å². The van der Waals surface area contributed by atoms with Crippen molar-refractivity contribution in [1.82, 2.24) is 4.90 Å². The standard InChI is InChI=1S/C20H18INO4S/c1-25-11-10-22-19(23)18(27-20(22)24)12-15-4-2-3-5-17(15)26-13-14-6-8-16(21)9-7-14/h2-9,12H,10-11,13H2,1H3. The van der Waals surface area contributed by atoms with Gasteiger partial charge < -0.3 is 9.47 Å². The van der Waals surface area contributed by atoms with Crippen LogP contribution in [0.25, 0.3) is 6.08 Å². The average molecular weight is 495 g/mol. The van der Waals surface area contributed by atoms with E-state index >= 15 is 0 Å². The number of ether oxygens (including phenoxy) is 2. The molecule has 1 saturated heterocycles. The maximum Gasteiger partial charge on any atom is 0.293 e. The smallest absolute Gasteiger partial charge is 0.293 e. The van der Waals surface area contributed by atoms with Crippen LogP contribution in [0.2, 0.25) is 0 Å². The fourth-order valence-electron chi connectivity index (χ4n) is 2.49. The number of halogens is 1. The number of nitrogens with zero attached hydrogens (tertiary/aromatic N) is 1. The van der Waals surface area contributed by atoms with Crippen molar-refractivity contribution < 1.29 is 19.1 Å². The van der Waals surface area contributed by atoms with Gasteiger partial charge in [0.15, 0.2) is 0 Å². The van der Waals surface area contributed by atoms with Gasteiger partial charge in [-0.2, -0.15) is 0 Å². The number of benzene rings is 2. The predicted octanol–water partition coefficient (Wildman–Crippen LogP) is 4.55. The Kier molecular flexibility index (Phi) is 6.92. The fraction of sp³-hybridized carbons (Fsp3) is 0.200. The van der Waals surface area contributed by atoms with Gasteiger partial charge in [-0.25, -0.2) is 0 Å². The Balaban J connectivity index is 1.75. The Morgan fingerprint density at radius 1 is 1.11 bits per heavy atom. The minimum Gasteiger partial charge on any atom is -0.488 e. The van der Waals surface area contributed by atoms with Crippen LogP contribution in [-0.2, 0) is 16.1 Å². The number of thioether (sulfide) groups is 1. The van der Waals surface area contributed by atoms with Crippen LogP contribution in [-0.4, -0.2) is 36.3 Å². The fourth-order valence-corrected chi connectivity index (χ4v) is 3.71. The Hall–Kier alpha value is -1.84. The molecular formula is C20H18INO4S. The number of imide groups is 1. The zero-order valence-electron chi connectivity index (χ0n) is 14.7. The second kappa shape index (κ2) is 9.38. The minimum atomic E-state index is -0.297. The lowest BCUT2D eigenvalue weighted by molar-refractivity contribution is -0.123. The van der Waals surface area contributed by atoms with Crippen LogP contribution in [0.1, 0.15) is 11.1 Å². The highest BCUT2D eigenvalue weighted by molar-refractivity contribution is 14.1. The Morgan fingerprint density at radius 2 is 1.85 bits per heavy atom. The molecule has 7 heteroatoms. The van der Waals surface area contributed by atoms with E-state index in [1.54, 1.807) is 6.08 Å². The summed E-state index contributed by atoms with van der Waals surface area (Å²) in [4.78, 5) is 26.1. The average Bonchev–Trinajstić information content (AvgIpc) is 2.93. The molecule has 5 nitrogen and oxygen atoms in total. The van der Waals surface area contributed by atoms with Crippen LogP contribution in [0.4, 0.5) is 4.79 Å². The van der Waals surface area contributed by atoms with Crippen molar-refractivity contribution in [2.24, 2.45) is 0 Å². The van der Waals surface area contributed by atoms with Crippen molar-refractivity contribution >= 4 is 51.6 Å². The van der Waals surface area contributed by atoms with Crippen molar-refractivity contribution in [3.63, 3.8) is 0 Å². The number of carbonyl (C=O) groups is 2. The third kappa shape index (κ3) is 5.12. The molecule has 1 heterocycles. The zero-order valence-corrected chi connectivity index (χ0v) is 17.7. The van der Waals surface area contributed by atoms with E-state index < -0.39 is 0 Å². The third-order valence-electron chi connectivity index (χ3n) is 3.91. The second-order valence-corrected chi connectivity index (χ2v) is 8.02. The van der Waals surface area contributed by atoms with Gasteiger partial charge in [-0.05, 0) is 64.2 Å². The molecule has 140 valence electrons. The molecule has 0 N–H and O–H groups in total. The zero-order chi connectivity index (χ0) is 19.2. The number of methoxy groups -OCH3 is 1. The van der Waals surface area contributed by atoms with Crippen molar-refractivity contribution in [3.05, 3.63) is 68.1 Å². The summed E-state index contributed by atoms with van der Waals surface area (Å²) in [5.74, 6) is 0.370. The summed E-state index contributed by atoms with van der Waals surface area (Å²) >= 11 is 3.20. The van der Waals surface area contributed by atoms with E-state index in [0.29, 0.717) is 23.9 Å². The number of hydrogen-bond donors (Lipinski definition) is 0. The summed E-state index contributed by atoms with van der Waals surface area (Å²) in [6.07, 6.45) is 1.71. The molecule has 0 aromatic heterocycles. The Labute approximate surface area is 175 Å². The molecule has 1 fully saturated rings. The van der Waals surface area contributed by atoms with E-state index in [2.05, 4.69) is 22.6 Å². The molecule has 0 saturated carbocycles. The van der Waals surface area contributed by atoms with E-state index in [4.69, 9.17) is 9.47 Å². The normalized spacial score (nSPS) is 15.6. The Bertz CT molecular complexity index is 867. The van der Waals surface area contributed by atoms with Crippen molar-refractivity contribution in [2.45, 2.75) is 6.61 Å². The van der Waals surface area contributed by atoms with Crippen molar-refractivity contribution in [1.29, 1.82) is 0 Å². The lowest BCUT2D eigenvalue weighted by Gasteiger charge is -2.11. The first-order valence-corrected chi connectivity index (χ1v) is 10.2. The van der Waals surface area contributed by atoms with E-state index in [-0.39, 0.29) is 17.7 Å². The molecule has 1 aliphatic heterocycles. The topological polar surface area (TPSA) is 55.8 Å². The van der Waals surface area contributed by atoms with Gasteiger partial charge >= 0.3 is 0 Å².